The minimum absolute atomic E-state index is 0.712. The van der Waals surface area contributed by atoms with E-state index in [9.17, 15) is 5.11 Å². The molecule has 0 aliphatic rings. The Balaban J connectivity index is 2.29. The number of pyridine rings is 1. The van der Waals surface area contributed by atoms with Gasteiger partial charge in [0.25, 0.3) is 0 Å². The summed E-state index contributed by atoms with van der Waals surface area (Å²) >= 11 is 3.47. The SMILES string of the molecule is Cc1cc(C(O)c2c(Br)cnn2CCN(C)C)ccn1. The average Bonchev–Trinajstić information content (AvgIpc) is 2.76. The van der Waals surface area contributed by atoms with Crippen molar-refractivity contribution in [2.45, 2.75) is 19.6 Å². The molecule has 2 rings (SSSR count). The predicted octanol–water partition coefficient (Wildman–Crippen LogP) is 1.99. The molecule has 108 valence electrons. The van der Waals surface area contributed by atoms with Crippen LogP contribution in [0.1, 0.15) is 23.1 Å². The van der Waals surface area contributed by atoms with Gasteiger partial charge in [0, 0.05) is 18.4 Å². The molecule has 2 aromatic heterocycles. The minimum Gasteiger partial charge on any atom is -0.382 e. The Morgan fingerprint density at radius 3 is 2.85 bits per heavy atom. The molecule has 0 saturated carbocycles. The number of nitrogens with zero attached hydrogens (tertiary/aromatic N) is 4. The number of hydrogen-bond donors (Lipinski definition) is 1. The molecular weight excluding hydrogens is 320 g/mol. The van der Waals surface area contributed by atoms with E-state index in [0.29, 0.717) is 0 Å². The Bertz CT molecular complexity index is 582. The molecule has 1 atom stereocenters. The van der Waals surface area contributed by atoms with E-state index in [1.54, 1.807) is 12.4 Å². The fraction of sp³-hybridized carbons (Fsp3) is 0.429. The zero-order valence-corrected chi connectivity index (χ0v) is 13.5. The summed E-state index contributed by atoms with van der Waals surface area (Å²) in [5, 5.41) is 14.9. The highest BCUT2D eigenvalue weighted by Gasteiger charge is 2.19. The van der Waals surface area contributed by atoms with Crippen LogP contribution in [-0.4, -0.2) is 45.4 Å². The molecule has 0 saturated heterocycles. The van der Waals surface area contributed by atoms with Gasteiger partial charge in [-0.2, -0.15) is 5.10 Å². The van der Waals surface area contributed by atoms with Crippen molar-refractivity contribution in [1.29, 1.82) is 0 Å². The van der Waals surface area contributed by atoms with E-state index < -0.39 is 6.10 Å². The largest absolute Gasteiger partial charge is 0.382 e. The molecular formula is C14H19BrN4O. The normalized spacial score (nSPS) is 12.9. The Labute approximate surface area is 127 Å². The monoisotopic (exact) mass is 338 g/mol. The lowest BCUT2D eigenvalue weighted by molar-refractivity contribution is 0.204. The van der Waals surface area contributed by atoms with Gasteiger partial charge >= 0.3 is 0 Å². The highest BCUT2D eigenvalue weighted by Crippen LogP contribution is 2.28. The summed E-state index contributed by atoms with van der Waals surface area (Å²) in [7, 11) is 4.03. The Hall–Kier alpha value is -1.24. The van der Waals surface area contributed by atoms with Gasteiger partial charge in [0.05, 0.1) is 22.9 Å². The molecule has 2 heterocycles. The Morgan fingerprint density at radius 1 is 1.45 bits per heavy atom. The van der Waals surface area contributed by atoms with E-state index in [0.717, 1.165) is 34.5 Å². The first-order valence-electron chi connectivity index (χ1n) is 6.45. The molecule has 0 aliphatic carbocycles. The number of likely N-dealkylation sites (N-methyl/N-ethyl adjacent to an activating group) is 1. The van der Waals surface area contributed by atoms with E-state index >= 15 is 0 Å². The van der Waals surface area contributed by atoms with Gasteiger partial charge in [0.15, 0.2) is 0 Å². The van der Waals surface area contributed by atoms with Gasteiger partial charge in [-0.1, -0.05) is 0 Å². The van der Waals surface area contributed by atoms with Crippen molar-refractivity contribution < 1.29 is 5.11 Å². The van der Waals surface area contributed by atoms with Gasteiger partial charge in [-0.3, -0.25) is 9.67 Å². The lowest BCUT2D eigenvalue weighted by Crippen LogP contribution is -2.21. The van der Waals surface area contributed by atoms with Crippen molar-refractivity contribution in [3.63, 3.8) is 0 Å². The van der Waals surface area contributed by atoms with Crippen LogP contribution < -0.4 is 0 Å². The number of hydrogen-bond acceptors (Lipinski definition) is 4. The number of aryl methyl sites for hydroxylation is 1. The summed E-state index contributed by atoms with van der Waals surface area (Å²) in [6.07, 6.45) is 2.72. The summed E-state index contributed by atoms with van der Waals surface area (Å²) in [6.45, 7) is 3.51. The summed E-state index contributed by atoms with van der Waals surface area (Å²) in [5.74, 6) is 0. The Morgan fingerprint density at radius 2 is 2.20 bits per heavy atom. The first-order valence-corrected chi connectivity index (χ1v) is 7.25. The lowest BCUT2D eigenvalue weighted by atomic mass is 10.1. The van der Waals surface area contributed by atoms with Crippen molar-refractivity contribution in [2.75, 3.05) is 20.6 Å². The smallest absolute Gasteiger partial charge is 0.122 e. The maximum Gasteiger partial charge on any atom is 0.122 e. The van der Waals surface area contributed by atoms with Gasteiger partial charge in [-0.25, -0.2) is 0 Å². The van der Waals surface area contributed by atoms with Crippen LogP contribution >= 0.6 is 15.9 Å². The third-order valence-electron chi connectivity index (χ3n) is 3.09. The van der Waals surface area contributed by atoms with E-state index in [-0.39, 0.29) is 0 Å². The summed E-state index contributed by atoms with van der Waals surface area (Å²) in [6, 6.07) is 3.72. The maximum atomic E-state index is 10.6. The molecule has 0 amide bonds. The van der Waals surface area contributed by atoms with Gasteiger partial charge in [-0.05, 0) is 54.6 Å². The standard InChI is InChI=1S/C14H19BrN4O/c1-10-8-11(4-5-16-10)14(20)13-12(15)9-17-19(13)7-6-18(2)3/h4-5,8-9,14,20H,6-7H2,1-3H3. The molecule has 1 N–H and O–H groups in total. The molecule has 0 aliphatic heterocycles. The van der Waals surface area contributed by atoms with Gasteiger partial charge in [0.1, 0.15) is 6.10 Å². The van der Waals surface area contributed by atoms with Crippen molar-refractivity contribution in [2.24, 2.45) is 0 Å². The number of rotatable bonds is 5. The third-order valence-corrected chi connectivity index (χ3v) is 3.70. The fourth-order valence-electron chi connectivity index (χ4n) is 2.01. The van der Waals surface area contributed by atoms with Crippen LogP contribution in [0, 0.1) is 6.92 Å². The van der Waals surface area contributed by atoms with Gasteiger partial charge in [-0.15, -0.1) is 0 Å². The second-order valence-corrected chi connectivity index (χ2v) is 5.89. The maximum absolute atomic E-state index is 10.6. The van der Waals surface area contributed by atoms with Crippen molar-refractivity contribution in [3.05, 3.63) is 46.0 Å². The predicted molar refractivity (Wildman–Crippen MR) is 81.5 cm³/mol. The number of aliphatic hydroxyl groups is 1. The average molecular weight is 339 g/mol. The van der Waals surface area contributed by atoms with Crippen LogP contribution in [0.15, 0.2) is 29.0 Å². The molecule has 0 aromatic carbocycles. The molecule has 1 unspecified atom stereocenters. The summed E-state index contributed by atoms with van der Waals surface area (Å²) in [4.78, 5) is 6.24. The molecule has 20 heavy (non-hydrogen) atoms. The van der Waals surface area contributed by atoms with E-state index in [1.165, 1.54) is 0 Å². The summed E-state index contributed by atoms with van der Waals surface area (Å²) in [5.41, 5.74) is 2.49. The zero-order chi connectivity index (χ0) is 14.7. The van der Waals surface area contributed by atoms with Crippen LogP contribution in [0.3, 0.4) is 0 Å². The highest BCUT2D eigenvalue weighted by molar-refractivity contribution is 9.10. The van der Waals surface area contributed by atoms with E-state index in [4.69, 9.17) is 0 Å². The van der Waals surface area contributed by atoms with Gasteiger partial charge < -0.3 is 10.0 Å². The van der Waals surface area contributed by atoms with Crippen LogP contribution in [0.25, 0.3) is 0 Å². The fourth-order valence-corrected chi connectivity index (χ4v) is 2.53. The summed E-state index contributed by atoms with van der Waals surface area (Å²) < 4.78 is 2.66. The zero-order valence-electron chi connectivity index (χ0n) is 11.9. The van der Waals surface area contributed by atoms with Crippen LogP contribution in [0.5, 0.6) is 0 Å². The van der Waals surface area contributed by atoms with Crippen molar-refractivity contribution >= 4 is 15.9 Å². The second kappa shape index (κ2) is 6.47. The van der Waals surface area contributed by atoms with E-state index in [1.807, 2.05) is 37.8 Å². The second-order valence-electron chi connectivity index (χ2n) is 5.04. The third kappa shape index (κ3) is 3.45. The first-order chi connectivity index (χ1) is 9.49. The first kappa shape index (κ1) is 15.2. The van der Waals surface area contributed by atoms with Crippen LogP contribution in [-0.2, 0) is 6.54 Å². The van der Waals surface area contributed by atoms with Gasteiger partial charge in [0.2, 0.25) is 0 Å². The number of aliphatic hydroxyl groups excluding tert-OH is 1. The molecule has 5 nitrogen and oxygen atoms in total. The lowest BCUT2D eigenvalue weighted by Gasteiger charge is -2.16. The van der Waals surface area contributed by atoms with Crippen molar-refractivity contribution in [1.82, 2.24) is 19.7 Å². The molecule has 2 aromatic rings. The quantitative estimate of drug-likeness (QED) is 0.905. The molecule has 0 fully saturated rings. The topological polar surface area (TPSA) is 54.2 Å². The number of halogens is 1. The molecule has 0 spiro atoms. The molecule has 0 radical (unpaired) electrons. The highest BCUT2D eigenvalue weighted by atomic mass is 79.9. The molecule has 6 heteroatoms. The number of aromatic nitrogens is 3. The van der Waals surface area contributed by atoms with Crippen LogP contribution in [0.4, 0.5) is 0 Å². The Kier molecular flexibility index (Phi) is 4.91. The van der Waals surface area contributed by atoms with Crippen LogP contribution in [0.2, 0.25) is 0 Å². The molecule has 0 bridgehead atoms. The van der Waals surface area contributed by atoms with Crippen molar-refractivity contribution in [3.8, 4) is 0 Å². The van der Waals surface area contributed by atoms with E-state index in [2.05, 4.69) is 30.9 Å². The minimum atomic E-state index is -0.712.